The Morgan fingerprint density at radius 1 is 1.18 bits per heavy atom. The maximum Gasteiger partial charge on any atom is 0.210 e. The highest BCUT2D eigenvalue weighted by atomic mass is 35.5. The van der Waals surface area contributed by atoms with Crippen LogP contribution in [0, 0.1) is 5.41 Å². The number of halogens is 1. The number of hydrogen-bond acceptors (Lipinski definition) is 6. The number of phenols is 1. The van der Waals surface area contributed by atoms with Crippen molar-refractivity contribution in [3.8, 4) is 17.2 Å². The molecule has 3 aromatic carbocycles. The largest absolute Gasteiger partial charge is 0.508 e. The van der Waals surface area contributed by atoms with Crippen molar-refractivity contribution in [1.29, 1.82) is 5.41 Å². The summed E-state index contributed by atoms with van der Waals surface area (Å²) in [5, 5.41) is 20.7. The van der Waals surface area contributed by atoms with Crippen molar-refractivity contribution in [2.24, 2.45) is 5.73 Å². The number of nitrogens with zero attached hydrogens (tertiary/aromatic N) is 1. The number of aromatic nitrogens is 1. The zero-order valence-electron chi connectivity index (χ0n) is 22.1. The van der Waals surface area contributed by atoms with Crippen LogP contribution in [0.4, 0.5) is 0 Å². The smallest absolute Gasteiger partial charge is 0.210 e. The molecule has 2 heterocycles. The topological polar surface area (TPSA) is 137 Å². The molecule has 4 aromatic rings. The highest BCUT2D eigenvalue weighted by Crippen LogP contribution is 2.38. The van der Waals surface area contributed by atoms with Crippen LogP contribution in [0.15, 0.2) is 79.0 Å². The number of aromatic amines is 1. The van der Waals surface area contributed by atoms with Gasteiger partial charge in [0, 0.05) is 40.9 Å². The van der Waals surface area contributed by atoms with E-state index in [9.17, 15) is 4.79 Å². The third-order valence-electron chi connectivity index (χ3n) is 6.43. The first-order valence-electron chi connectivity index (χ1n) is 12.7. The molecule has 9 nitrogen and oxygen atoms in total. The minimum absolute atomic E-state index is 0.00249. The molecule has 10 heteroatoms. The number of ether oxygens (including phenoxy) is 2. The Morgan fingerprint density at radius 3 is 2.58 bits per heavy atom. The standard InChI is InChI=1S/C23H24ClN5O2.C7H8O2/c24-16-3-6-20-19(13-16)18-8-11-29(14-30)23(22(18)28-20)15-1-4-17(5-2-15)31-12-10-27-9-7-21(25)26;1-9-7-4-2-6(8)3-5-7/h1-7,9,13-14,23,27-28H,8,10-12H2,(H3,25,26);2-5,8H,1H3/b9-7-;. The molecule has 0 spiro atoms. The quantitative estimate of drug-likeness (QED) is 0.0866. The molecule has 1 aliphatic rings. The van der Waals surface area contributed by atoms with Crippen LogP contribution in [0.1, 0.15) is 22.9 Å². The van der Waals surface area contributed by atoms with Crippen molar-refractivity contribution in [2.75, 3.05) is 26.8 Å². The Kier molecular flexibility index (Phi) is 9.53. The van der Waals surface area contributed by atoms with Crippen molar-refractivity contribution in [3.63, 3.8) is 0 Å². The SMILES string of the molecule is COc1ccc(O)cc1.N=C(N)/C=C\NCCOc1ccc(C2c3[nH]c4ccc(Cl)cc4c3CCN2C=O)cc1. The molecule has 208 valence electrons. The highest BCUT2D eigenvalue weighted by molar-refractivity contribution is 6.31. The number of H-pyrrole nitrogens is 1. The van der Waals surface area contributed by atoms with Gasteiger partial charge in [0.25, 0.3) is 0 Å². The first-order chi connectivity index (χ1) is 19.4. The number of carbonyl (C=O) groups excluding carboxylic acids is 1. The molecule has 0 bridgehead atoms. The van der Waals surface area contributed by atoms with Crippen LogP contribution in [-0.4, -0.2) is 54.0 Å². The Bertz CT molecular complexity index is 1470. The molecule has 0 fully saturated rings. The third kappa shape index (κ3) is 7.06. The molecule has 1 amide bonds. The van der Waals surface area contributed by atoms with E-state index < -0.39 is 0 Å². The second kappa shape index (κ2) is 13.4. The van der Waals surface area contributed by atoms with Gasteiger partial charge in [0.1, 0.15) is 29.7 Å². The van der Waals surface area contributed by atoms with Gasteiger partial charge in [0.05, 0.1) is 13.2 Å². The number of aromatic hydroxyl groups is 1. The van der Waals surface area contributed by atoms with Gasteiger partial charge in [-0.3, -0.25) is 10.2 Å². The van der Waals surface area contributed by atoms with Gasteiger partial charge >= 0.3 is 0 Å². The van der Waals surface area contributed by atoms with Crippen molar-refractivity contribution in [1.82, 2.24) is 15.2 Å². The zero-order valence-corrected chi connectivity index (χ0v) is 22.8. The van der Waals surface area contributed by atoms with Gasteiger partial charge in [-0.05, 0) is 78.2 Å². The second-order valence-corrected chi connectivity index (χ2v) is 9.50. The molecule has 1 aromatic heterocycles. The first kappa shape index (κ1) is 28.4. The van der Waals surface area contributed by atoms with Crippen LogP contribution < -0.4 is 20.5 Å². The molecule has 40 heavy (non-hydrogen) atoms. The van der Waals surface area contributed by atoms with E-state index in [1.165, 1.54) is 11.6 Å². The van der Waals surface area contributed by atoms with Crippen molar-refractivity contribution >= 4 is 34.7 Å². The summed E-state index contributed by atoms with van der Waals surface area (Å²) in [7, 11) is 1.59. The van der Waals surface area contributed by atoms with E-state index in [1.54, 1.807) is 37.6 Å². The number of nitrogens with two attached hydrogens (primary N) is 1. The van der Waals surface area contributed by atoms with Crippen LogP contribution in [0.5, 0.6) is 17.2 Å². The number of fused-ring (bicyclic) bond motifs is 3. The second-order valence-electron chi connectivity index (χ2n) is 9.06. The summed E-state index contributed by atoms with van der Waals surface area (Å²) in [6, 6.07) is 20.0. The summed E-state index contributed by atoms with van der Waals surface area (Å²) >= 11 is 6.21. The van der Waals surface area contributed by atoms with Crippen molar-refractivity contribution in [2.45, 2.75) is 12.5 Å². The maximum absolute atomic E-state index is 11.8. The van der Waals surface area contributed by atoms with E-state index in [4.69, 9.17) is 37.3 Å². The lowest BCUT2D eigenvalue weighted by Gasteiger charge is -2.33. The normalized spacial score (nSPS) is 14.2. The van der Waals surface area contributed by atoms with Crippen LogP contribution in [0.25, 0.3) is 10.9 Å². The Morgan fingerprint density at radius 2 is 1.90 bits per heavy atom. The Labute approximate surface area is 237 Å². The number of carbonyl (C=O) groups is 1. The highest BCUT2D eigenvalue weighted by Gasteiger charge is 2.31. The number of amidine groups is 1. The summed E-state index contributed by atoms with van der Waals surface area (Å²) in [5.41, 5.74) is 9.53. The molecule has 0 saturated carbocycles. The minimum atomic E-state index is -0.181. The molecular weight excluding hydrogens is 530 g/mol. The summed E-state index contributed by atoms with van der Waals surface area (Å²) < 4.78 is 10.6. The van der Waals surface area contributed by atoms with Crippen LogP contribution in [0.3, 0.4) is 0 Å². The number of hydrogen-bond donors (Lipinski definition) is 5. The van der Waals surface area contributed by atoms with E-state index >= 15 is 0 Å². The summed E-state index contributed by atoms with van der Waals surface area (Å²) in [6.45, 7) is 1.71. The van der Waals surface area contributed by atoms with Crippen molar-refractivity contribution in [3.05, 3.63) is 101 Å². The number of rotatable bonds is 9. The van der Waals surface area contributed by atoms with Gasteiger partial charge in [-0.1, -0.05) is 23.7 Å². The lowest BCUT2D eigenvalue weighted by atomic mass is 9.93. The van der Waals surface area contributed by atoms with Crippen LogP contribution in [-0.2, 0) is 11.2 Å². The monoisotopic (exact) mass is 561 g/mol. The lowest BCUT2D eigenvalue weighted by molar-refractivity contribution is -0.120. The Hall–Kier alpha value is -4.63. The van der Waals surface area contributed by atoms with E-state index in [2.05, 4.69) is 10.3 Å². The number of nitrogens with one attached hydrogen (secondary N) is 3. The van der Waals surface area contributed by atoms with Gasteiger partial charge < -0.3 is 35.5 Å². The van der Waals surface area contributed by atoms with E-state index in [1.807, 2.05) is 47.4 Å². The molecule has 1 atom stereocenters. The van der Waals surface area contributed by atoms with Crippen LogP contribution in [0.2, 0.25) is 5.02 Å². The third-order valence-corrected chi connectivity index (χ3v) is 6.66. The lowest BCUT2D eigenvalue weighted by Crippen LogP contribution is -2.34. The minimum Gasteiger partial charge on any atom is -0.508 e. The fourth-order valence-electron chi connectivity index (χ4n) is 4.54. The van der Waals surface area contributed by atoms with Gasteiger partial charge in [-0.2, -0.15) is 0 Å². The molecule has 1 unspecified atom stereocenters. The average molecular weight is 562 g/mol. The fourth-order valence-corrected chi connectivity index (χ4v) is 4.71. The van der Waals surface area contributed by atoms with Crippen LogP contribution >= 0.6 is 11.6 Å². The Balaban J connectivity index is 0.000000350. The molecule has 6 N–H and O–H groups in total. The molecule has 0 saturated heterocycles. The van der Waals surface area contributed by atoms with Gasteiger partial charge in [0.2, 0.25) is 6.41 Å². The number of amides is 1. The fraction of sp³-hybridized carbons (Fsp3) is 0.200. The maximum atomic E-state index is 11.8. The van der Waals surface area contributed by atoms with Crippen molar-refractivity contribution < 1.29 is 19.4 Å². The van der Waals surface area contributed by atoms with E-state index in [0.29, 0.717) is 24.7 Å². The molecule has 5 rings (SSSR count). The molecule has 1 aliphatic heterocycles. The van der Waals surface area contributed by atoms with Gasteiger partial charge in [-0.25, -0.2) is 0 Å². The zero-order chi connectivity index (χ0) is 28.5. The molecular formula is C30H32ClN5O4. The number of methoxy groups -OCH3 is 1. The predicted molar refractivity (Wildman–Crippen MR) is 157 cm³/mol. The molecule has 0 aliphatic carbocycles. The van der Waals surface area contributed by atoms with E-state index in [-0.39, 0.29) is 17.6 Å². The summed E-state index contributed by atoms with van der Waals surface area (Å²) in [5.74, 6) is 1.76. The molecule has 0 radical (unpaired) electrons. The summed E-state index contributed by atoms with van der Waals surface area (Å²) in [4.78, 5) is 17.1. The number of benzene rings is 3. The average Bonchev–Trinajstić information content (AvgIpc) is 3.33. The number of phenolic OH excluding ortho intramolecular Hbond substituents is 1. The van der Waals surface area contributed by atoms with Gasteiger partial charge in [-0.15, -0.1) is 0 Å². The van der Waals surface area contributed by atoms with E-state index in [0.717, 1.165) is 46.5 Å². The predicted octanol–water partition coefficient (Wildman–Crippen LogP) is 4.74. The first-order valence-corrected chi connectivity index (χ1v) is 13.1. The summed E-state index contributed by atoms with van der Waals surface area (Å²) in [6.07, 6.45) is 4.80. The van der Waals surface area contributed by atoms with Gasteiger partial charge in [0.15, 0.2) is 0 Å².